The Morgan fingerprint density at radius 1 is 0.941 bits per heavy atom. The molecule has 1 aliphatic carbocycles. The van der Waals surface area contributed by atoms with Crippen LogP contribution >= 0.6 is 11.6 Å². The highest BCUT2D eigenvalue weighted by atomic mass is 35.5. The van der Waals surface area contributed by atoms with Crippen LogP contribution in [0.25, 0.3) is 39.0 Å². The zero-order valence-electron chi connectivity index (χ0n) is 28.6. The van der Waals surface area contributed by atoms with Gasteiger partial charge in [-0.25, -0.2) is 4.98 Å². The van der Waals surface area contributed by atoms with E-state index in [0.717, 1.165) is 77.6 Å². The first-order valence-electron chi connectivity index (χ1n) is 17.9. The number of carbonyl (C=O) groups is 2. The summed E-state index contributed by atoms with van der Waals surface area (Å²) in [6.45, 7) is 4.00. The zero-order chi connectivity index (χ0) is 35.1. The average Bonchev–Trinajstić information content (AvgIpc) is 3.91. The van der Waals surface area contributed by atoms with E-state index in [1.54, 1.807) is 16.8 Å². The smallest absolute Gasteiger partial charge is 0.262 e. The molecule has 4 heterocycles. The van der Waals surface area contributed by atoms with Crippen LogP contribution in [-0.4, -0.2) is 52.4 Å². The largest absolute Gasteiger partial charge is 0.352 e. The second kappa shape index (κ2) is 14.1. The van der Waals surface area contributed by atoms with Crippen LogP contribution < -0.4 is 26.8 Å². The van der Waals surface area contributed by atoms with Crippen LogP contribution in [0.15, 0.2) is 83.9 Å². The van der Waals surface area contributed by atoms with E-state index in [4.69, 9.17) is 11.6 Å². The molecule has 10 heteroatoms. The maximum Gasteiger partial charge on any atom is 0.262 e. The predicted molar refractivity (Wildman–Crippen MR) is 201 cm³/mol. The lowest BCUT2D eigenvalue weighted by Gasteiger charge is -2.16. The Bertz CT molecular complexity index is 2230. The SMILES string of the molecule is Cc1c(-c2ccn3c(=O)c(CNCC4CCC(=O)N4)cnc3c2)cccc1-c1cccc(-c2ccc3c(c2)CC(NC(=O)C2CCCN2)C3)c1Cl. The van der Waals surface area contributed by atoms with E-state index in [0.29, 0.717) is 35.7 Å². The van der Waals surface area contributed by atoms with Gasteiger partial charge in [-0.3, -0.25) is 18.8 Å². The third kappa shape index (κ3) is 6.69. The Morgan fingerprint density at radius 2 is 1.73 bits per heavy atom. The summed E-state index contributed by atoms with van der Waals surface area (Å²) in [5.74, 6) is 0.186. The molecule has 260 valence electrons. The summed E-state index contributed by atoms with van der Waals surface area (Å²) in [6.07, 6.45) is 8.38. The molecular weight excluding hydrogens is 660 g/mol. The predicted octanol–water partition coefficient (Wildman–Crippen LogP) is 5.36. The van der Waals surface area contributed by atoms with Crippen molar-refractivity contribution in [2.75, 3.05) is 13.1 Å². The lowest BCUT2D eigenvalue weighted by Crippen LogP contribution is -2.45. The summed E-state index contributed by atoms with van der Waals surface area (Å²) in [7, 11) is 0. The molecule has 3 aliphatic rings. The Kier molecular flexibility index (Phi) is 9.19. The first kappa shape index (κ1) is 33.3. The summed E-state index contributed by atoms with van der Waals surface area (Å²) in [6, 6.07) is 23.0. The van der Waals surface area contributed by atoms with E-state index < -0.39 is 0 Å². The van der Waals surface area contributed by atoms with Gasteiger partial charge in [-0.1, -0.05) is 66.2 Å². The fourth-order valence-electron chi connectivity index (χ4n) is 7.91. The second-order valence-corrected chi connectivity index (χ2v) is 14.4. The molecule has 2 aliphatic heterocycles. The molecule has 0 saturated carbocycles. The van der Waals surface area contributed by atoms with Gasteiger partial charge in [0.25, 0.3) is 5.56 Å². The number of fused-ring (bicyclic) bond motifs is 2. The van der Waals surface area contributed by atoms with Crippen LogP contribution in [0.5, 0.6) is 0 Å². The number of halogens is 1. The number of hydrogen-bond acceptors (Lipinski definition) is 6. The molecule has 9 nitrogen and oxygen atoms in total. The Morgan fingerprint density at radius 3 is 2.53 bits per heavy atom. The normalized spacial score (nSPS) is 19.7. The number of rotatable bonds is 9. The number of amides is 2. The molecule has 3 unspecified atom stereocenters. The van der Waals surface area contributed by atoms with Crippen molar-refractivity contribution in [2.45, 2.75) is 70.1 Å². The van der Waals surface area contributed by atoms with Crippen molar-refractivity contribution in [2.24, 2.45) is 0 Å². The Labute approximate surface area is 301 Å². The molecule has 2 amide bonds. The van der Waals surface area contributed by atoms with Crippen LogP contribution in [-0.2, 0) is 29.0 Å². The minimum atomic E-state index is -0.114. The molecule has 2 saturated heterocycles. The van der Waals surface area contributed by atoms with E-state index in [1.807, 2.05) is 18.2 Å². The number of nitrogens with one attached hydrogen (secondary N) is 4. The van der Waals surface area contributed by atoms with E-state index in [1.165, 1.54) is 11.1 Å². The molecule has 4 N–H and O–H groups in total. The van der Waals surface area contributed by atoms with E-state index in [2.05, 4.69) is 81.7 Å². The molecule has 51 heavy (non-hydrogen) atoms. The minimum absolute atomic E-state index is 0.0729. The topological polar surface area (TPSA) is 117 Å². The Balaban J connectivity index is 1.01. The van der Waals surface area contributed by atoms with Gasteiger partial charge in [0.05, 0.1) is 11.1 Å². The average molecular weight is 701 g/mol. The number of benzene rings is 3. The lowest BCUT2D eigenvalue weighted by molar-refractivity contribution is -0.123. The number of hydrogen-bond donors (Lipinski definition) is 4. The molecule has 5 aromatic rings. The molecule has 0 spiro atoms. The van der Waals surface area contributed by atoms with Gasteiger partial charge in [-0.05, 0) is 96.6 Å². The molecule has 2 aromatic heterocycles. The van der Waals surface area contributed by atoms with E-state index >= 15 is 0 Å². The van der Waals surface area contributed by atoms with Gasteiger partial charge >= 0.3 is 0 Å². The van der Waals surface area contributed by atoms with Gasteiger partial charge in [-0.2, -0.15) is 0 Å². The maximum atomic E-state index is 13.3. The summed E-state index contributed by atoms with van der Waals surface area (Å²) in [5, 5.41) is 13.5. The van der Waals surface area contributed by atoms with Crippen molar-refractivity contribution in [3.05, 3.63) is 117 Å². The van der Waals surface area contributed by atoms with Crippen molar-refractivity contribution < 1.29 is 9.59 Å². The van der Waals surface area contributed by atoms with E-state index in [-0.39, 0.29) is 35.5 Å². The molecule has 8 rings (SSSR count). The minimum Gasteiger partial charge on any atom is -0.352 e. The van der Waals surface area contributed by atoms with Crippen LogP contribution in [0.1, 0.15) is 47.9 Å². The molecule has 2 fully saturated rings. The summed E-state index contributed by atoms with van der Waals surface area (Å²) < 4.78 is 1.58. The number of aromatic nitrogens is 2. The number of pyridine rings is 1. The Hall–Kier alpha value is -4.83. The van der Waals surface area contributed by atoms with Gasteiger partial charge < -0.3 is 21.3 Å². The monoisotopic (exact) mass is 700 g/mol. The zero-order valence-corrected chi connectivity index (χ0v) is 29.4. The summed E-state index contributed by atoms with van der Waals surface area (Å²) in [4.78, 5) is 42.1. The van der Waals surface area contributed by atoms with Crippen molar-refractivity contribution in [3.63, 3.8) is 0 Å². The molecular formula is C41H41ClN6O3. The van der Waals surface area contributed by atoms with Crippen LogP contribution in [0.4, 0.5) is 0 Å². The van der Waals surface area contributed by atoms with E-state index in [9.17, 15) is 14.4 Å². The third-order valence-electron chi connectivity index (χ3n) is 10.7. The third-order valence-corrected chi connectivity index (χ3v) is 11.1. The summed E-state index contributed by atoms with van der Waals surface area (Å²) in [5.41, 5.74) is 10.6. The fourth-order valence-corrected chi connectivity index (χ4v) is 8.25. The van der Waals surface area contributed by atoms with Crippen LogP contribution in [0.3, 0.4) is 0 Å². The number of nitrogens with zero attached hydrogens (tertiary/aromatic N) is 2. The molecule has 0 bridgehead atoms. The highest BCUT2D eigenvalue weighted by Crippen LogP contribution is 2.41. The van der Waals surface area contributed by atoms with Crippen molar-refractivity contribution >= 4 is 29.1 Å². The number of carbonyl (C=O) groups excluding carboxylic acids is 2. The first-order chi connectivity index (χ1) is 24.8. The van der Waals surface area contributed by atoms with Crippen LogP contribution in [0.2, 0.25) is 5.02 Å². The standard InChI is InChI=1S/C41H41ClN6O3/c1-24-32(27-14-16-48-37(20-27)45-22-29(41(48)51)21-43-23-30-12-13-38(49)46-30)5-2-6-33(24)35-8-3-7-34(39(35)42)26-11-10-25-18-31(19-28(25)17-26)47-40(50)36-9-4-15-44-36/h2-3,5-8,10-11,14,16-17,20,22,30-31,36,43-44H,4,9,12-13,15,18-19,21,23H2,1H3,(H,46,49)(H,47,50). The van der Waals surface area contributed by atoms with Crippen molar-refractivity contribution in [3.8, 4) is 33.4 Å². The van der Waals surface area contributed by atoms with Gasteiger partial charge in [0.15, 0.2) is 0 Å². The molecule has 3 atom stereocenters. The second-order valence-electron chi connectivity index (χ2n) is 14.1. The van der Waals surface area contributed by atoms with Gasteiger partial charge in [-0.15, -0.1) is 0 Å². The van der Waals surface area contributed by atoms with Gasteiger partial charge in [0.1, 0.15) is 5.65 Å². The summed E-state index contributed by atoms with van der Waals surface area (Å²) >= 11 is 7.22. The lowest BCUT2D eigenvalue weighted by atomic mass is 9.91. The first-order valence-corrected chi connectivity index (χ1v) is 18.3. The molecule has 0 radical (unpaired) electrons. The van der Waals surface area contributed by atoms with Gasteiger partial charge in [0, 0.05) is 60.7 Å². The van der Waals surface area contributed by atoms with Crippen molar-refractivity contribution in [1.82, 2.24) is 30.7 Å². The highest BCUT2D eigenvalue weighted by molar-refractivity contribution is 6.36. The quantitative estimate of drug-likeness (QED) is 0.165. The molecule has 3 aromatic carbocycles. The van der Waals surface area contributed by atoms with Gasteiger partial charge in [0.2, 0.25) is 11.8 Å². The van der Waals surface area contributed by atoms with Crippen molar-refractivity contribution in [1.29, 1.82) is 0 Å². The maximum absolute atomic E-state index is 13.3. The van der Waals surface area contributed by atoms with Crippen LogP contribution in [0, 0.1) is 6.92 Å². The highest BCUT2D eigenvalue weighted by Gasteiger charge is 2.28. The fraction of sp³-hybridized carbons (Fsp3) is 0.317.